The molecule has 14 heavy (non-hydrogen) atoms. The first kappa shape index (κ1) is 10.8. The smallest absolute Gasteiger partial charge is 0.0222 e. The van der Waals surface area contributed by atoms with Gasteiger partial charge in [-0.3, -0.25) is 0 Å². The Morgan fingerprint density at radius 1 is 1.36 bits per heavy atom. The van der Waals surface area contributed by atoms with Gasteiger partial charge in [0.25, 0.3) is 0 Å². The largest absolute Gasteiger partial charge is 0.0877 e. The van der Waals surface area contributed by atoms with Gasteiger partial charge in [0.05, 0.1) is 0 Å². The van der Waals surface area contributed by atoms with Crippen LogP contribution in [0.15, 0.2) is 42.5 Å². The lowest BCUT2D eigenvalue weighted by atomic mass is 10.0. The van der Waals surface area contributed by atoms with Gasteiger partial charge in [0, 0.05) is 0 Å². The standard InChI is InChI=1S/C14H18/c1-4-6-9-13(5-2)14-10-7-8-12(3)11-14/h4,6-11H,5H2,1-3H3/b6-4-,13-9+. The van der Waals surface area contributed by atoms with Crippen LogP contribution in [-0.4, -0.2) is 0 Å². The van der Waals surface area contributed by atoms with E-state index in [9.17, 15) is 0 Å². The first-order valence-corrected chi connectivity index (χ1v) is 5.16. The number of allylic oxidation sites excluding steroid dienone is 4. The van der Waals surface area contributed by atoms with Gasteiger partial charge < -0.3 is 0 Å². The molecule has 0 radical (unpaired) electrons. The number of rotatable bonds is 3. The summed E-state index contributed by atoms with van der Waals surface area (Å²) in [6, 6.07) is 8.65. The first-order valence-electron chi connectivity index (χ1n) is 5.16. The molecule has 0 saturated heterocycles. The van der Waals surface area contributed by atoms with Gasteiger partial charge in [-0.25, -0.2) is 0 Å². The van der Waals surface area contributed by atoms with Crippen LogP contribution in [0.2, 0.25) is 0 Å². The second kappa shape index (κ2) is 5.43. The molecule has 0 heterocycles. The van der Waals surface area contributed by atoms with Crippen LogP contribution in [0.5, 0.6) is 0 Å². The lowest BCUT2D eigenvalue weighted by molar-refractivity contribution is 1.23. The van der Waals surface area contributed by atoms with E-state index in [4.69, 9.17) is 0 Å². The van der Waals surface area contributed by atoms with Crippen LogP contribution < -0.4 is 0 Å². The molecule has 0 aromatic heterocycles. The van der Waals surface area contributed by atoms with Gasteiger partial charge in [-0.2, -0.15) is 0 Å². The van der Waals surface area contributed by atoms with E-state index in [1.807, 2.05) is 6.92 Å². The number of hydrogen-bond acceptors (Lipinski definition) is 0. The summed E-state index contributed by atoms with van der Waals surface area (Å²) in [5.74, 6) is 0. The molecule has 74 valence electrons. The van der Waals surface area contributed by atoms with Crippen molar-refractivity contribution in [3.63, 3.8) is 0 Å². The second-order valence-electron chi connectivity index (χ2n) is 3.44. The highest BCUT2D eigenvalue weighted by molar-refractivity contribution is 5.67. The Balaban J connectivity index is 3.00. The minimum absolute atomic E-state index is 1.08. The maximum atomic E-state index is 2.23. The lowest BCUT2D eigenvalue weighted by Gasteiger charge is -2.04. The number of hydrogen-bond donors (Lipinski definition) is 0. The zero-order chi connectivity index (χ0) is 10.4. The topological polar surface area (TPSA) is 0 Å². The average molecular weight is 186 g/mol. The SMILES string of the molecule is C/C=C\C=C(/CC)c1cccc(C)c1. The Morgan fingerprint density at radius 2 is 2.14 bits per heavy atom. The highest BCUT2D eigenvalue weighted by Gasteiger charge is 1.97. The molecule has 0 heteroatoms. The molecule has 0 bridgehead atoms. The molecule has 0 atom stereocenters. The lowest BCUT2D eigenvalue weighted by Crippen LogP contribution is -1.83. The monoisotopic (exact) mass is 186 g/mol. The van der Waals surface area contributed by atoms with Gasteiger partial charge in [-0.15, -0.1) is 0 Å². The third-order valence-electron chi connectivity index (χ3n) is 2.26. The van der Waals surface area contributed by atoms with E-state index in [0.717, 1.165) is 6.42 Å². The maximum Gasteiger partial charge on any atom is -0.0222 e. The molecule has 1 aromatic rings. The van der Waals surface area contributed by atoms with Gasteiger partial charge in [-0.05, 0) is 31.4 Å². The average Bonchev–Trinajstić information content (AvgIpc) is 2.19. The Morgan fingerprint density at radius 3 is 2.71 bits per heavy atom. The quantitative estimate of drug-likeness (QED) is 0.615. The van der Waals surface area contributed by atoms with E-state index >= 15 is 0 Å². The predicted octanol–water partition coefficient (Wildman–Crippen LogP) is 4.36. The van der Waals surface area contributed by atoms with E-state index in [0.29, 0.717) is 0 Å². The molecule has 1 aromatic carbocycles. The fraction of sp³-hybridized carbons (Fsp3) is 0.286. The van der Waals surface area contributed by atoms with E-state index < -0.39 is 0 Å². The molecule has 1 rings (SSSR count). The molecule has 0 aliphatic rings. The molecule has 0 fully saturated rings. The fourth-order valence-corrected chi connectivity index (χ4v) is 1.48. The third kappa shape index (κ3) is 2.88. The van der Waals surface area contributed by atoms with E-state index in [1.54, 1.807) is 0 Å². The summed E-state index contributed by atoms with van der Waals surface area (Å²) in [4.78, 5) is 0. The van der Waals surface area contributed by atoms with Gasteiger partial charge in [0.1, 0.15) is 0 Å². The summed E-state index contributed by atoms with van der Waals surface area (Å²) in [5, 5.41) is 0. The molecule has 0 amide bonds. The normalized spacial score (nSPS) is 12.4. The van der Waals surface area contributed by atoms with Gasteiger partial charge in [0.15, 0.2) is 0 Å². The van der Waals surface area contributed by atoms with Crippen LogP contribution in [0.4, 0.5) is 0 Å². The Kier molecular flexibility index (Phi) is 4.18. The molecule has 0 aliphatic heterocycles. The minimum atomic E-state index is 1.08. The first-order chi connectivity index (χ1) is 6.77. The number of aryl methyl sites for hydroxylation is 1. The van der Waals surface area contributed by atoms with Crippen molar-refractivity contribution >= 4 is 5.57 Å². The predicted molar refractivity (Wildman–Crippen MR) is 64.3 cm³/mol. The molecular formula is C14H18. The van der Waals surface area contributed by atoms with Crippen molar-refractivity contribution in [3.8, 4) is 0 Å². The van der Waals surface area contributed by atoms with E-state index in [1.165, 1.54) is 16.7 Å². The van der Waals surface area contributed by atoms with Crippen LogP contribution in [0.3, 0.4) is 0 Å². The van der Waals surface area contributed by atoms with Crippen molar-refractivity contribution < 1.29 is 0 Å². The Labute approximate surface area is 87.0 Å². The van der Waals surface area contributed by atoms with Gasteiger partial charge >= 0.3 is 0 Å². The Bertz CT molecular complexity index is 343. The fourth-order valence-electron chi connectivity index (χ4n) is 1.48. The maximum absolute atomic E-state index is 2.23. The van der Waals surface area contributed by atoms with Gasteiger partial charge in [-0.1, -0.05) is 55.0 Å². The van der Waals surface area contributed by atoms with Crippen LogP contribution in [0.25, 0.3) is 5.57 Å². The van der Waals surface area contributed by atoms with Crippen LogP contribution >= 0.6 is 0 Å². The van der Waals surface area contributed by atoms with Gasteiger partial charge in [0.2, 0.25) is 0 Å². The summed E-state index contributed by atoms with van der Waals surface area (Å²) in [7, 11) is 0. The second-order valence-corrected chi connectivity index (χ2v) is 3.44. The van der Waals surface area contributed by atoms with Crippen LogP contribution in [-0.2, 0) is 0 Å². The number of benzene rings is 1. The van der Waals surface area contributed by atoms with Crippen molar-refractivity contribution in [1.82, 2.24) is 0 Å². The molecule has 0 saturated carbocycles. The van der Waals surface area contributed by atoms with Crippen molar-refractivity contribution in [2.45, 2.75) is 27.2 Å². The highest BCUT2D eigenvalue weighted by Crippen LogP contribution is 2.18. The highest BCUT2D eigenvalue weighted by atomic mass is 14.0. The summed E-state index contributed by atoms with van der Waals surface area (Å²) >= 11 is 0. The summed E-state index contributed by atoms with van der Waals surface area (Å²) in [5.41, 5.74) is 4.06. The molecular weight excluding hydrogens is 168 g/mol. The minimum Gasteiger partial charge on any atom is -0.0877 e. The summed E-state index contributed by atoms with van der Waals surface area (Å²) in [6.45, 7) is 6.37. The van der Waals surface area contributed by atoms with Crippen LogP contribution in [0.1, 0.15) is 31.4 Å². The van der Waals surface area contributed by atoms with Crippen LogP contribution in [0, 0.1) is 6.92 Å². The van der Waals surface area contributed by atoms with Crippen molar-refractivity contribution in [3.05, 3.63) is 53.6 Å². The third-order valence-corrected chi connectivity index (χ3v) is 2.26. The van der Waals surface area contributed by atoms with Crippen molar-refractivity contribution in [2.75, 3.05) is 0 Å². The van der Waals surface area contributed by atoms with E-state index in [2.05, 4.69) is 56.3 Å². The van der Waals surface area contributed by atoms with Crippen molar-refractivity contribution in [1.29, 1.82) is 0 Å². The zero-order valence-electron chi connectivity index (χ0n) is 9.25. The molecule has 0 aliphatic carbocycles. The van der Waals surface area contributed by atoms with Crippen molar-refractivity contribution in [2.24, 2.45) is 0 Å². The Hall–Kier alpha value is -1.30. The molecule has 0 spiro atoms. The zero-order valence-corrected chi connectivity index (χ0v) is 9.25. The summed E-state index contributed by atoms with van der Waals surface area (Å²) in [6.07, 6.45) is 7.43. The molecule has 0 unspecified atom stereocenters. The molecule has 0 N–H and O–H groups in total. The van der Waals surface area contributed by atoms with E-state index in [-0.39, 0.29) is 0 Å². The summed E-state index contributed by atoms with van der Waals surface area (Å²) < 4.78 is 0. The molecule has 0 nitrogen and oxygen atoms in total.